The van der Waals surface area contributed by atoms with Gasteiger partial charge in [-0.1, -0.05) is 23.4 Å². The van der Waals surface area contributed by atoms with Crippen LogP contribution in [0.25, 0.3) is 21.7 Å². The number of hydrogen-bond donors (Lipinski definition) is 0. The molecule has 1 aliphatic carbocycles. The van der Waals surface area contributed by atoms with Gasteiger partial charge in [-0.3, -0.25) is 4.79 Å². The normalized spacial score (nSPS) is 13.2. The summed E-state index contributed by atoms with van der Waals surface area (Å²) in [7, 11) is 0. The molecular formula is C24H20N2O4S. The Hall–Kier alpha value is -3.32. The minimum absolute atomic E-state index is 0.215. The minimum atomic E-state index is -0.595. The number of aryl methyl sites for hydroxylation is 3. The van der Waals surface area contributed by atoms with Crippen LogP contribution in [0.2, 0.25) is 0 Å². The molecule has 3 aromatic heterocycles. The molecule has 156 valence electrons. The summed E-state index contributed by atoms with van der Waals surface area (Å²) in [6.07, 6.45) is 4.38. The van der Waals surface area contributed by atoms with Crippen molar-refractivity contribution in [3.63, 3.8) is 0 Å². The number of Topliss-reactive ketones (excluding diaryl/α,β-unsaturated/α-hetero) is 1. The average molecular weight is 433 g/mol. The lowest BCUT2D eigenvalue weighted by Gasteiger charge is -2.16. The van der Waals surface area contributed by atoms with Crippen LogP contribution in [-0.4, -0.2) is 28.5 Å². The van der Waals surface area contributed by atoms with Gasteiger partial charge < -0.3 is 9.26 Å². The van der Waals surface area contributed by atoms with Crippen LogP contribution in [0.3, 0.4) is 0 Å². The number of pyridine rings is 1. The fourth-order valence-electron chi connectivity index (χ4n) is 4.01. The Morgan fingerprint density at radius 3 is 2.77 bits per heavy atom. The Kier molecular flexibility index (Phi) is 5.11. The lowest BCUT2D eigenvalue weighted by atomic mass is 9.90. The zero-order valence-corrected chi connectivity index (χ0v) is 17.8. The lowest BCUT2D eigenvalue weighted by Crippen LogP contribution is -2.15. The molecule has 6 nitrogen and oxygen atoms in total. The second kappa shape index (κ2) is 8.07. The quantitative estimate of drug-likeness (QED) is 0.319. The third-order valence-electron chi connectivity index (χ3n) is 5.62. The number of esters is 1. The number of hydrogen-bond acceptors (Lipinski definition) is 7. The van der Waals surface area contributed by atoms with Crippen molar-refractivity contribution < 1.29 is 18.8 Å². The molecule has 0 unspecified atom stereocenters. The Morgan fingerprint density at radius 1 is 1.13 bits per heavy atom. The summed E-state index contributed by atoms with van der Waals surface area (Å²) in [6, 6.07) is 11.3. The Morgan fingerprint density at radius 2 is 1.97 bits per heavy atom. The number of carbonyl (C=O) groups is 2. The second-order valence-electron chi connectivity index (χ2n) is 7.67. The molecule has 0 saturated carbocycles. The molecular weight excluding hydrogens is 412 g/mol. The van der Waals surface area contributed by atoms with E-state index in [2.05, 4.69) is 10.1 Å². The zero-order chi connectivity index (χ0) is 21.4. The molecule has 0 aliphatic heterocycles. The molecule has 3 heterocycles. The van der Waals surface area contributed by atoms with Crippen molar-refractivity contribution in [3.8, 4) is 10.6 Å². The molecule has 31 heavy (non-hydrogen) atoms. The van der Waals surface area contributed by atoms with Gasteiger partial charge in [-0.25, -0.2) is 9.78 Å². The predicted molar refractivity (Wildman–Crippen MR) is 118 cm³/mol. The molecule has 1 aromatic carbocycles. The second-order valence-corrected chi connectivity index (χ2v) is 8.62. The molecule has 1 aliphatic rings. The summed E-state index contributed by atoms with van der Waals surface area (Å²) in [5, 5.41) is 6.37. The van der Waals surface area contributed by atoms with Gasteiger partial charge in [0.25, 0.3) is 5.71 Å². The van der Waals surface area contributed by atoms with Crippen molar-refractivity contribution in [3.05, 3.63) is 69.7 Å². The van der Waals surface area contributed by atoms with E-state index in [0.29, 0.717) is 27.9 Å². The third kappa shape index (κ3) is 3.77. The molecule has 7 heteroatoms. The summed E-state index contributed by atoms with van der Waals surface area (Å²) in [6.45, 7) is 1.42. The van der Waals surface area contributed by atoms with E-state index >= 15 is 0 Å². The van der Waals surface area contributed by atoms with Gasteiger partial charge in [-0.15, -0.1) is 11.3 Å². The van der Waals surface area contributed by atoms with Gasteiger partial charge >= 0.3 is 5.97 Å². The monoisotopic (exact) mass is 432 g/mol. The van der Waals surface area contributed by atoms with E-state index in [1.54, 1.807) is 13.0 Å². The van der Waals surface area contributed by atoms with E-state index < -0.39 is 5.97 Å². The highest BCUT2D eigenvalue weighted by atomic mass is 32.1. The van der Waals surface area contributed by atoms with Crippen LogP contribution >= 0.6 is 11.3 Å². The van der Waals surface area contributed by atoms with Crippen molar-refractivity contribution in [1.82, 2.24) is 10.1 Å². The fraction of sp³-hybridized carbons (Fsp3) is 0.250. The molecule has 0 amide bonds. The van der Waals surface area contributed by atoms with Crippen LogP contribution in [0.4, 0.5) is 0 Å². The van der Waals surface area contributed by atoms with E-state index in [1.807, 2.05) is 35.7 Å². The lowest BCUT2D eigenvalue weighted by molar-refractivity contribution is 0.0476. The van der Waals surface area contributed by atoms with E-state index in [0.717, 1.165) is 24.1 Å². The molecule has 0 bridgehead atoms. The Bertz CT molecular complexity index is 1290. The maximum Gasteiger partial charge on any atom is 0.339 e. The number of fused-ring (bicyclic) bond motifs is 2. The Balaban J connectivity index is 1.39. The number of ether oxygens (including phenoxy) is 1. The van der Waals surface area contributed by atoms with E-state index in [1.165, 1.54) is 28.9 Å². The predicted octanol–water partition coefficient (Wildman–Crippen LogP) is 5.18. The topological polar surface area (TPSA) is 82.3 Å². The zero-order valence-electron chi connectivity index (χ0n) is 17.0. The third-order valence-corrected chi connectivity index (χ3v) is 6.51. The molecule has 0 N–H and O–H groups in total. The molecule has 0 saturated heterocycles. The van der Waals surface area contributed by atoms with Crippen LogP contribution in [0, 0.1) is 6.92 Å². The first-order valence-electron chi connectivity index (χ1n) is 10.2. The molecule has 0 fully saturated rings. The fourth-order valence-corrected chi connectivity index (χ4v) is 4.69. The van der Waals surface area contributed by atoms with Gasteiger partial charge in [0.15, 0.2) is 12.4 Å². The van der Waals surface area contributed by atoms with E-state index in [-0.39, 0.29) is 18.1 Å². The van der Waals surface area contributed by atoms with Crippen molar-refractivity contribution >= 4 is 34.2 Å². The van der Waals surface area contributed by atoms with Gasteiger partial charge in [-0.2, -0.15) is 0 Å². The van der Waals surface area contributed by atoms with Crippen molar-refractivity contribution in [1.29, 1.82) is 0 Å². The van der Waals surface area contributed by atoms with E-state index in [9.17, 15) is 9.59 Å². The number of carbonyl (C=O) groups excluding carboxylic acids is 2. The average Bonchev–Trinajstić information content (AvgIpc) is 3.47. The van der Waals surface area contributed by atoms with Gasteiger partial charge in [0.05, 0.1) is 27.2 Å². The number of ketones is 1. The number of benzene rings is 1. The van der Waals surface area contributed by atoms with E-state index in [4.69, 9.17) is 9.26 Å². The van der Waals surface area contributed by atoms with Crippen LogP contribution in [0.1, 0.15) is 50.4 Å². The van der Waals surface area contributed by atoms with Crippen molar-refractivity contribution in [2.24, 2.45) is 0 Å². The highest BCUT2D eigenvalue weighted by molar-refractivity contribution is 7.13. The van der Waals surface area contributed by atoms with Crippen LogP contribution in [0.5, 0.6) is 0 Å². The number of nitrogens with zero attached hydrogens (tertiary/aromatic N) is 2. The standard InChI is InChI=1S/C24H20N2O4S/c1-14-22-18(12-19(21-7-4-10-31-21)25-23(22)30-26-14)24(28)29-13-20(27)17-9-8-15-5-2-3-6-16(15)11-17/h4,7-12H,2-3,5-6,13H2,1H3. The smallest absolute Gasteiger partial charge is 0.339 e. The minimum Gasteiger partial charge on any atom is -0.454 e. The molecule has 5 rings (SSSR count). The van der Waals surface area contributed by atoms with Gasteiger partial charge in [0.2, 0.25) is 0 Å². The first-order valence-corrected chi connectivity index (χ1v) is 11.1. The first-order chi connectivity index (χ1) is 15.1. The van der Waals surface area contributed by atoms with Crippen molar-refractivity contribution in [2.45, 2.75) is 32.6 Å². The molecule has 0 spiro atoms. The summed E-state index contributed by atoms with van der Waals surface area (Å²) in [5.74, 6) is -0.810. The number of rotatable bonds is 5. The van der Waals surface area contributed by atoms with Crippen LogP contribution in [-0.2, 0) is 17.6 Å². The summed E-state index contributed by atoms with van der Waals surface area (Å²) in [4.78, 5) is 31.0. The summed E-state index contributed by atoms with van der Waals surface area (Å²) in [5.41, 5.74) is 4.83. The van der Waals surface area contributed by atoms with Crippen LogP contribution < -0.4 is 0 Å². The van der Waals surface area contributed by atoms with Gasteiger partial charge in [-0.05, 0) is 67.3 Å². The van der Waals surface area contributed by atoms with Crippen LogP contribution in [0.15, 0.2) is 46.3 Å². The first kappa shape index (κ1) is 19.6. The SMILES string of the molecule is Cc1noc2nc(-c3cccs3)cc(C(=O)OCC(=O)c3ccc4c(c3)CCCC4)c12. The van der Waals surface area contributed by atoms with Gasteiger partial charge in [0, 0.05) is 5.56 Å². The number of aromatic nitrogens is 2. The van der Waals surface area contributed by atoms with Crippen molar-refractivity contribution in [2.75, 3.05) is 6.61 Å². The largest absolute Gasteiger partial charge is 0.454 e. The maximum atomic E-state index is 12.9. The highest BCUT2D eigenvalue weighted by Gasteiger charge is 2.22. The molecule has 4 aromatic rings. The Labute approximate surface area is 182 Å². The summed E-state index contributed by atoms with van der Waals surface area (Å²) < 4.78 is 10.7. The summed E-state index contributed by atoms with van der Waals surface area (Å²) >= 11 is 1.51. The number of thiophene rings is 1. The maximum absolute atomic E-state index is 12.9. The molecule has 0 atom stereocenters. The highest BCUT2D eigenvalue weighted by Crippen LogP contribution is 2.30. The molecule has 0 radical (unpaired) electrons. The van der Waals surface area contributed by atoms with Gasteiger partial charge in [0.1, 0.15) is 0 Å².